The van der Waals surface area contributed by atoms with Gasteiger partial charge in [0.15, 0.2) is 0 Å². The number of amides is 1. The van der Waals surface area contributed by atoms with Crippen LogP contribution in [-0.4, -0.2) is 31.7 Å². The Morgan fingerprint density at radius 1 is 1.12 bits per heavy atom. The molecule has 1 aliphatic heterocycles. The van der Waals surface area contributed by atoms with Crippen molar-refractivity contribution in [2.45, 2.75) is 17.7 Å². The molecule has 1 aliphatic rings. The van der Waals surface area contributed by atoms with Gasteiger partial charge in [0, 0.05) is 29.7 Å². The lowest BCUT2D eigenvalue weighted by atomic mass is 10.3. The van der Waals surface area contributed by atoms with Crippen molar-refractivity contribution in [1.82, 2.24) is 4.31 Å². The number of hydrogen-bond acceptors (Lipinski definition) is 4. The number of thiophene rings is 1. The Morgan fingerprint density at radius 2 is 1.80 bits per heavy atom. The summed E-state index contributed by atoms with van der Waals surface area (Å²) < 4.78 is 27.4. The molecule has 2 heterocycles. The number of halogens is 1. The summed E-state index contributed by atoms with van der Waals surface area (Å²) in [7, 11) is -3.42. The lowest BCUT2D eigenvalue weighted by molar-refractivity contribution is -0.111. The Morgan fingerprint density at radius 3 is 2.40 bits per heavy atom. The first-order valence-electron chi connectivity index (χ1n) is 7.80. The van der Waals surface area contributed by atoms with Crippen LogP contribution in [0.25, 0.3) is 6.08 Å². The van der Waals surface area contributed by atoms with Crippen molar-refractivity contribution in [2.24, 2.45) is 0 Å². The standard InChI is InChI=1S/C17H17BrN2O3S2/c18-16-9-5-14(24-16)6-10-17(21)19-13-3-7-15(8-4-13)25(22,23)20-11-1-2-12-20/h3-10H,1-2,11-12H2,(H,19,21)/b10-6+. The van der Waals surface area contributed by atoms with Crippen LogP contribution in [-0.2, 0) is 14.8 Å². The minimum Gasteiger partial charge on any atom is -0.323 e. The molecule has 1 fully saturated rings. The molecule has 0 bridgehead atoms. The molecule has 0 aliphatic carbocycles. The molecule has 2 aromatic rings. The van der Waals surface area contributed by atoms with Crippen molar-refractivity contribution < 1.29 is 13.2 Å². The molecule has 1 saturated heterocycles. The molecule has 0 saturated carbocycles. The van der Waals surface area contributed by atoms with Crippen LogP contribution in [0.3, 0.4) is 0 Å². The van der Waals surface area contributed by atoms with Crippen molar-refractivity contribution in [2.75, 3.05) is 18.4 Å². The number of carbonyl (C=O) groups is 1. The van der Waals surface area contributed by atoms with Gasteiger partial charge in [-0.15, -0.1) is 11.3 Å². The average Bonchev–Trinajstić information content (AvgIpc) is 3.25. The van der Waals surface area contributed by atoms with Crippen LogP contribution >= 0.6 is 27.3 Å². The number of rotatable bonds is 5. The first-order valence-corrected chi connectivity index (χ1v) is 10.8. The van der Waals surface area contributed by atoms with Gasteiger partial charge in [-0.25, -0.2) is 8.42 Å². The fourth-order valence-electron chi connectivity index (χ4n) is 2.55. The number of hydrogen-bond donors (Lipinski definition) is 1. The van der Waals surface area contributed by atoms with Crippen LogP contribution in [0.5, 0.6) is 0 Å². The van der Waals surface area contributed by atoms with Gasteiger partial charge in [0.25, 0.3) is 0 Å². The number of nitrogens with zero attached hydrogens (tertiary/aromatic N) is 1. The first kappa shape index (κ1) is 18.3. The number of sulfonamides is 1. The van der Waals surface area contributed by atoms with E-state index in [0.717, 1.165) is 21.5 Å². The Labute approximate surface area is 159 Å². The maximum absolute atomic E-state index is 12.5. The monoisotopic (exact) mass is 440 g/mol. The Bertz CT molecular complexity index is 883. The number of carbonyl (C=O) groups excluding carboxylic acids is 1. The molecule has 0 atom stereocenters. The van der Waals surface area contributed by atoms with E-state index in [1.165, 1.54) is 33.9 Å². The maximum Gasteiger partial charge on any atom is 0.248 e. The van der Waals surface area contributed by atoms with Crippen molar-refractivity contribution >= 4 is 55.0 Å². The highest BCUT2D eigenvalue weighted by Gasteiger charge is 2.26. The number of anilines is 1. The fourth-order valence-corrected chi connectivity index (χ4v) is 5.39. The molecule has 1 aromatic heterocycles. The molecule has 1 amide bonds. The summed E-state index contributed by atoms with van der Waals surface area (Å²) >= 11 is 4.90. The summed E-state index contributed by atoms with van der Waals surface area (Å²) in [5.74, 6) is -0.264. The molecular weight excluding hydrogens is 424 g/mol. The van der Waals surface area contributed by atoms with Crippen molar-refractivity contribution in [3.8, 4) is 0 Å². The van der Waals surface area contributed by atoms with E-state index in [9.17, 15) is 13.2 Å². The summed E-state index contributed by atoms with van der Waals surface area (Å²) in [6.07, 6.45) is 4.99. The highest BCUT2D eigenvalue weighted by Crippen LogP contribution is 2.24. The molecule has 3 rings (SSSR count). The summed E-state index contributed by atoms with van der Waals surface area (Å²) in [4.78, 5) is 13.2. The summed E-state index contributed by atoms with van der Waals surface area (Å²) in [5, 5.41) is 2.73. The van der Waals surface area contributed by atoms with Crippen molar-refractivity contribution in [3.63, 3.8) is 0 Å². The molecule has 5 nitrogen and oxygen atoms in total. The van der Waals surface area contributed by atoms with E-state index >= 15 is 0 Å². The minimum absolute atomic E-state index is 0.256. The highest BCUT2D eigenvalue weighted by molar-refractivity contribution is 9.11. The van der Waals surface area contributed by atoms with Crippen LogP contribution in [0.15, 0.2) is 51.2 Å². The van der Waals surface area contributed by atoms with Crippen molar-refractivity contribution in [1.29, 1.82) is 0 Å². The molecular formula is C17H17BrN2O3S2. The molecule has 0 unspecified atom stereocenters. The van der Waals surface area contributed by atoms with Gasteiger partial charge < -0.3 is 5.32 Å². The van der Waals surface area contributed by atoms with Crippen molar-refractivity contribution in [3.05, 3.63) is 51.1 Å². The van der Waals surface area contributed by atoms with Crippen LogP contribution < -0.4 is 5.32 Å². The van der Waals surface area contributed by atoms with Crippen LogP contribution in [0.4, 0.5) is 5.69 Å². The average molecular weight is 441 g/mol. The lowest BCUT2D eigenvalue weighted by Gasteiger charge is -2.15. The van der Waals surface area contributed by atoms with E-state index in [4.69, 9.17) is 0 Å². The van der Waals surface area contributed by atoms with E-state index < -0.39 is 10.0 Å². The molecule has 1 aromatic carbocycles. The second-order valence-corrected chi connectivity index (χ2v) is 10.0. The second-order valence-electron chi connectivity index (χ2n) is 5.60. The van der Waals surface area contributed by atoms with E-state index in [1.54, 1.807) is 18.2 Å². The molecule has 0 spiro atoms. The maximum atomic E-state index is 12.5. The predicted molar refractivity (Wildman–Crippen MR) is 104 cm³/mol. The third-order valence-corrected chi connectivity index (χ3v) is 7.32. The zero-order chi connectivity index (χ0) is 17.9. The SMILES string of the molecule is O=C(/C=C/c1ccc(Br)s1)Nc1ccc(S(=O)(=O)N2CCCC2)cc1. The van der Waals surface area contributed by atoms with Gasteiger partial charge in [0.2, 0.25) is 15.9 Å². The summed E-state index contributed by atoms with van der Waals surface area (Å²) in [6.45, 7) is 1.15. The fraction of sp³-hybridized carbons (Fsp3) is 0.235. The van der Waals surface area contributed by atoms with E-state index in [1.807, 2.05) is 12.1 Å². The Kier molecular flexibility index (Phi) is 5.73. The smallest absolute Gasteiger partial charge is 0.248 e. The zero-order valence-electron chi connectivity index (χ0n) is 13.3. The van der Waals surface area contributed by atoms with Gasteiger partial charge in [0.1, 0.15) is 0 Å². The third-order valence-electron chi connectivity index (χ3n) is 3.82. The van der Waals surface area contributed by atoms with Gasteiger partial charge in [0.05, 0.1) is 8.68 Å². The second kappa shape index (κ2) is 7.82. The number of benzene rings is 1. The van der Waals surface area contributed by atoms with Gasteiger partial charge in [-0.3, -0.25) is 4.79 Å². The molecule has 1 N–H and O–H groups in total. The van der Waals surface area contributed by atoms with Gasteiger partial charge in [-0.05, 0) is 71.2 Å². The van der Waals surface area contributed by atoms with Crippen LogP contribution in [0, 0.1) is 0 Å². The minimum atomic E-state index is -3.42. The normalized spacial score (nSPS) is 15.7. The largest absolute Gasteiger partial charge is 0.323 e. The quantitative estimate of drug-likeness (QED) is 0.715. The van der Waals surface area contributed by atoms with Gasteiger partial charge in [-0.2, -0.15) is 4.31 Å². The lowest BCUT2D eigenvalue weighted by Crippen LogP contribution is -2.27. The highest BCUT2D eigenvalue weighted by atomic mass is 79.9. The van der Waals surface area contributed by atoms with Crippen LogP contribution in [0.2, 0.25) is 0 Å². The molecule has 0 radical (unpaired) electrons. The number of nitrogens with one attached hydrogen (secondary N) is 1. The van der Waals surface area contributed by atoms with Gasteiger partial charge >= 0.3 is 0 Å². The third kappa shape index (κ3) is 4.58. The van der Waals surface area contributed by atoms with Gasteiger partial charge in [-0.1, -0.05) is 0 Å². The topological polar surface area (TPSA) is 66.5 Å². The summed E-state index contributed by atoms with van der Waals surface area (Å²) in [5.41, 5.74) is 0.558. The first-order chi connectivity index (χ1) is 11.9. The van der Waals surface area contributed by atoms with E-state index in [-0.39, 0.29) is 10.8 Å². The molecule has 25 heavy (non-hydrogen) atoms. The van der Waals surface area contributed by atoms with E-state index in [2.05, 4.69) is 21.2 Å². The van der Waals surface area contributed by atoms with Crippen LogP contribution in [0.1, 0.15) is 17.7 Å². The Hall–Kier alpha value is -1.48. The molecule has 132 valence electrons. The Balaban J connectivity index is 1.64. The zero-order valence-corrected chi connectivity index (χ0v) is 16.5. The molecule has 8 heteroatoms. The summed E-state index contributed by atoms with van der Waals surface area (Å²) in [6, 6.07) is 10.1. The van der Waals surface area contributed by atoms with E-state index in [0.29, 0.717) is 18.8 Å². The predicted octanol–water partition coefficient (Wildman–Crippen LogP) is 3.95.